The molecular weight excluding hydrogens is 650 g/mol. The summed E-state index contributed by atoms with van der Waals surface area (Å²) in [5.41, 5.74) is 0.584. The van der Waals surface area contributed by atoms with Crippen molar-refractivity contribution in [2.24, 2.45) is 0 Å². The highest BCUT2D eigenvalue weighted by Crippen LogP contribution is 2.20. The van der Waals surface area contributed by atoms with E-state index >= 15 is 0 Å². The molecule has 15 nitrogen and oxygen atoms in total. The number of urea groups is 1. The molecule has 50 heavy (non-hydrogen) atoms. The van der Waals surface area contributed by atoms with E-state index in [0.717, 1.165) is 70.6 Å². The molecule has 1 aliphatic rings. The van der Waals surface area contributed by atoms with E-state index in [4.69, 9.17) is 18.9 Å². The van der Waals surface area contributed by atoms with Gasteiger partial charge in [0.1, 0.15) is 19.8 Å². The molecule has 1 aliphatic heterocycles. The second-order valence-electron chi connectivity index (χ2n) is 12.2. The van der Waals surface area contributed by atoms with Crippen molar-refractivity contribution in [3.8, 4) is 0 Å². The minimum absolute atomic E-state index is 0.0207. The number of rotatable bonds is 25. The fourth-order valence-electron chi connectivity index (χ4n) is 4.91. The third-order valence-corrected chi connectivity index (χ3v) is 7.73. The fraction of sp³-hybridized carbons (Fsp3) is 0.714. The van der Waals surface area contributed by atoms with Gasteiger partial charge in [-0.05, 0) is 58.8 Å². The summed E-state index contributed by atoms with van der Waals surface area (Å²) in [5.74, 6) is -1.19. The van der Waals surface area contributed by atoms with E-state index in [-0.39, 0.29) is 56.4 Å². The van der Waals surface area contributed by atoms with Crippen LogP contribution < -0.4 is 21.3 Å². The van der Waals surface area contributed by atoms with Gasteiger partial charge in [-0.1, -0.05) is 38.8 Å². The number of amides is 5. The molecule has 1 unspecified atom stereocenters. The molecule has 0 aliphatic carbocycles. The molecule has 1 rings (SSSR count). The highest BCUT2D eigenvalue weighted by molar-refractivity contribution is 5.87. The minimum atomic E-state index is -0.561. The molecule has 284 valence electrons. The number of carbonyl (C=O) groups is 6. The van der Waals surface area contributed by atoms with Gasteiger partial charge in [-0.15, -0.1) is 0 Å². The summed E-state index contributed by atoms with van der Waals surface area (Å²) in [5, 5.41) is 11.2. The molecule has 4 N–H and O–H groups in total. The highest BCUT2D eigenvalue weighted by atomic mass is 16.6. The van der Waals surface area contributed by atoms with Gasteiger partial charge in [0.25, 0.3) is 0 Å². The maximum Gasteiger partial charge on any atom is 0.407 e. The van der Waals surface area contributed by atoms with Crippen molar-refractivity contribution in [2.75, 3.05) is 59.2 Å². The van der Waals surface area contributed by atoms with Gasteiger partial charge in [-0.3, -0.25) is 4.79 Å². The van der Waals surface area contributed by atoms with Crippen LogP contribution in [-0.2, 0) is 33.3 Å². The molecular formula is C35H59N5O10. The van der Waals surface area contributed by atoms with Crippen LogP contribution in [0.25, 0.3) is 0 Å². The van der Waals surface area contributed by atoms with Crippen LogP contribution in [0.1, 0.15) is 97.3 Å². The Balaban J connectivity index is 2.04. The monoisotopic (exact) mass is 709 g/mol. The maximum absolute atomic E-state index is 12.8. The number of esters is 2. The first kappa shape index (κ1) is 43.7. The van der Waals surface area contributed by atoms with Gasteiger partial charge in [0.15, 0.2) is 0 Å². The standard InChI is InChI=1S/C35H59N5O10/c1-27(2)31(42)47-24-17-30(41)36-18-10-5-7-12-20-38-34(45)49-23-16-29-15-9-14-22-40(29)33(44)37-19-11-6-8-13-21-39-35(46)50-26-25-48-32(43)28(3)4/h29H,1,3,5-26H2,2,4H3,(H,36,41)(H,37,44)(H,38,45)(H,39,46). The van der Waals surface area contributed by atoms with Crippen LogP contribution in [-0.4, -0.2) is 106 Å². The molecule has 0 bridgehead atoms. The normalized spacial score (nSPS) is 13.7. The zero-order valence-electron chi connectivity index (χ0n) is 30.1. The molecule has 0 aromatic carbocycles. The lowest BCUT2D eigenvalue weighted by Crippen LogP contribution is -2.49. The van der Waals surface area contributed by atoms with Gasteiger partial charge >= 0.3 is 30.2 Å². The number of ether oxygens (including phenoxy) is 4. The van der Waals surface area contributed by atoms with Gasteiger partial charge in [0, 0.05) is 56.3 Å². The predicted octanol–water partition coefficient (Wildman–Crippen LogP) is 4.26. The fourth-order valence-corrected chi connectivity index (χ4v) is 4.91. The van der Waals surface area contributed by atoms with Crippen LogP contribution in [0.2, 0.25) is 0 Å². The third kappa shape index (κ3) is 22.4. The Hall–Kier alpha value is -4.30. The van der Waals surface area contributed by atoms with E-state index in [1.54, 1.807) is 6.92 Å². The van der Waals surface area contributed by atoms with Gasteiger partial charge in [-0.25, -0.2) is 24.0 Å². The summed E-state index contributed by atoms with van der Waals surface area (Å²) in [6.45, 7) is 13.0. The first-order valence-corrected chi connectivity index (χ1v) is 17.8. The number of hydrogen-bond donors (Lipinski definition) is 4. The molecule has 15 heteroatoms. The van der Waals surface area contributed by atoms with Crippen LogP contribution in [0.3, 0.4) is 0 Å². The Kier molecular flexibility index (Phi) is 24.1. The lowest BCUT2D eigenvalue weighted by atomic mass is 10.00. The first-order valence-electron chi connectivity index (χ1n) is 17.8. The maximum atomic E-state index is 12.8. The zero-order valence-corrected chi connectivity index (χ0v) is 30.1. The summed E-state index contributed by atoms with van der Waals surface area (Å²) in [6.07, 6.45) is 9.28. The molecule has 0 radical (unpaired) electrons. The topological polar surface area (TPSA) is 191 Å². The van der Waals surface area contributed by atoms with E-state index in [1.807, 2.05) is 4.90 Å². The zero-order chi connectivity index (χ0) is 37.0. The predicted molar refractivity (Wildman–Crippen MR) is 187 cm³/mol. The highest BCUT2D eigenvalue weighted by Gasteiger charge is 2.26. The van der Waals surface area contributed by atoms with E-state index in [2.05, 4.69) is 34.4 Å². The number of alkyl carbamates (subject to hydrolysis) is 2. The Morgan fingerprint density at radius 1 is 0.600 bits per heavy atom. The Morgan fingerprint density at radius 3 is 1.64 bits per heavy atom. The van der Waals surface area contributed by atoms with Crippen LogP contribution in [0.15, 0.2) is 24.3 Å². The molecule has 0 saturated carbocycles. The Labute approximate surface area is 296 Å². The van der Waals surface area contributed by atoms with Crippen LogP contribution in [0, 0.1) is 0 Å². The molecule has 1 saturated heterocycles. The van der Waals surface area contributed by atoms with Crippen LogP contribution in [0.4, 0.5) is 14.4 Å². The average molecular weight is 710 g/mol. The second kappa shape index (κ2) is 27.5. The number of carbonyl (C=O) groups excluding carboxylic acids is 6. The summed E-state index contributed by atoms with van der Waals surface area (Å²) < 4.78 is 20.1. The lowest BCUT2D eigenvalue weighted by molar-refractivity contribution is -0.140. The number of piperidine rings is 1. The molecule has 0 aromatic rings. The first-order chi connectivity index (χ1) is 24.0. The van der Waals surface area contributed by atoms with Crippen molar-refractivity contribution in [3.63, 3.8) is 0 Å². The number of unbranched alkanes of at least 4 members (excludes halogenated alkanes) is 6. The van der Waals surface area contributed by atoms with Crippen molar-refractivity contribution < 1.29 is 47.7 Å². The smallest absolute Gasteiger partial charge is 0.407 e. The summed E-state index contributed by atoms with van der Waals surface area (Å²) >= 11 is 0. The Bertz CT molecular complexity index is 1100. The quantitative estimate of drug-likeness (QED) is 0.0461. The number of nitrogens with zero attached hydrogens (tertiary/aromatic N) is 1. The second-order valence-corrected chi connectivity index (χ2v) is 12.2. The van der Waals surface area contributed by atoms with Crippen LogP contribution in [0.5, 0.6) is 0 Å². The van der Waals surface area contributed by atoms with Gasteiger partial charge in [0.2, 0.25) is 5.91 Å². The van der Waals surface area contributed by atoms with Crippen molar-refractivity contribution in [2.45, 2.75) is 103 Å². The van der Waals surface area contributed by atoms with E-state index in [9.17, 15) is 28.8 Å². The molecule has 0 aromatic heterocycles. The molecule has 5 amide bonds. The summed E-state index contributed by atoms with van der Waals surface area (Å²) in [7, 11) is 0. The van der Waals surface area contributed by atoms with E-state index < -0.39 is 24.1 Å². The van der Waals surface area contributed by atoms with Crippen molar-refractivity contribution in [1.82, 2.24) is 26.2 Å². The number of nitrogens with one attached hydrogen (secondary N) is 4. The third-order valence-electron chi connectivity index (χ3n) is 7.73. The van der Waals surface area contributed by atoms with Crippen LogP contribution >= 0.6 is 0 Å². The molecule has 1 atom stereocenters. The van der Waals surface area contributed by atoms with Crippen molar-refractivity contribution in [3.05, 3.63) is 24.3 Å². The SMILES string of the molecule is C=C(C)C(=O)OCCOC(=O)NCCCCCCNC(=O)N1CCCCC1CCOC(=O)NCCCCCCNC(=O)CCOC(=O)C(=C)C. The van der Waals surface area contributed by atoms with E-state index in [1.165, 1.54) is 6.92 Å². The average Bonchev–Trinajstić information content (AvgIpc) is 3.08. The molecule has 1 heterocycles. The molecule has 0 spiro atoms. The minimum Gasteiger partial charge on any atom is -0.462 e. The van der Waals surface area contributed by atoms with E-state index in [0.29, 0.717) is 44.7 Å². The van der Waals surface area contributed by atoms with Crippen molar-refractivity contribution in [1.29, 1.82) is 0 Å². The number of hydrogen-bond acceptors (Lipinski definition) is 10. The van der Waals surface area contributed by atoms with Gasteiger partial charge in [-0.2, -0.15) is 0 Å². The van der Waals surface area contributed by atoms with Gasteiger partial charge in [0.05, 0.1) is 13.0 Å². The Morgan fingerprint density at radius 2 is 1.08 bits per heavy atom. The summed E-state index contributed by atoms with van der Waals surface area (Å²) in [6, 6.07) is -0.0754. The molecule has 1 fully saturated rings. The lowest BCUT2D eigenvalue weighted by Gasteiger charge is -2.35. The largest absolute Gasteiger partial charge is 0.462 e. The van der Waals surface area contributed by atoms with Gasteiger partial charge < -0.3 is 45.1 Å². The summed E-state index contributed by atoms with van der Waals surface area (Å²) in [4.78, 5) is 72.8. The number of likely N-dealkylation sites (tertiary alicyclic amines) is 1. The van der Waals surface area contributed by atoms with Crippen molar-refractivity contribution >= 4 is 36.1 Å².